The molecular weight excluding hydrogens is 294 g/mol. The van der Waals surface area contributed by atoms with E-state index in [1.165, 1.54) is 17.7 Å². The van der Waals surface area contributed by atoms with Crippen LogP contribution in [0.3, 0.4) is 0 Å². The van der Waals surface area contributed by atoms with E-state index < -0.39 is 0 Å². The van der Waals surface area contributed by atoms with Crippen molar-refractivity contribution in [2.24, 2.45) is 0 Å². The molecule has 0 aromatic carbocycles. The van der Waals surface area contributed by atoms with Gasteiger partial charge in [-0.2, -0.15) is 0 Å². The van der Waals surface area contributed by atoms with Crippen LogP contribution < -0.4 is 5.32 Å². The second-order valence-electron chi connectivity index (χ2n) is 6.24. The number of thiophene rings is 1. The molecule has 1 saturated carbocycles. The number of amides is 2. The zero-order chi connectivity index (χ0) is 15.4. The second kappa shape index (κ2) is 7.29. The first-order valence-corrected chi connectivity index (χ1v) is 9.07. The maximum absolute atomic E-state index is 12.5. The van der Waals surface area contributed by atoms with E-state index in [-0.39, 0.29) is 6.03 Å². The van der Waals surface area contributed by atoms with Crippen LogP contribution in [0.1, 0.15) is 30.6 Å². The smallest absolute Gasteiger partial charge is 0.318 e. The van der Waals surface area contributed by atoms with Crippen molar-refractivity contribution in [3.63, 3.8) is 0 Å². The maximum atomic E-state index is 12.5. The van der Waals surface area contributed by atoms with E-state index in [2.05, 4.69) is 22.9 Å². The zero-order valence-corrected chi connectivity index (χ0v) is 13.9. The molecule has 1 saturated heterocycles. The fraction of sp³-hybridized carbons (Fsp3) is 0.588. The predicted molar refractivity (Wildman–Crippen MR) is 91.1 cm³/mol. The van der Waals surface area contributed by atoms with Crippen LogP contribution in [0, 0.1) is 0 Å². The molecule has 0 radical (unpaired) electrons. The normalized spacial score (nSPS) is 19.8. The lowest BCUT2D eigenvalue weighted by atomic mass is 10.1. The molecule has 0 bridgehead atoms. The van der Waals surface area contributed by atoms with Crippen molar-refractivity contribution >= 4 is 17.4 Å². The molecule has 0 spiro atoms. The van der Waals surface area contributed by atoms with Gasteiger partial charge in [0.25, 0.3) is 0 Å². The Labute approximate surface area is 136 Å². The highest BCUT2D eigenvalue weighted by atomic mass is 32.1. The minimum Gasteiger partial charge on any atom is -0.335 e. The van der Waals surface area contributed by atoms with E-state index in [4.69, 9.17) is 0 Å². The van der Waals surface area contributed by atoms with Gasteiger partial charge < -0.3 is 15.1 Å². The van der Waals surface area contributed by atoms with Crippen molar-refractivity contribution in [3.05, 3.63) is 35.0 Å². The molecule has 120 valence electrons. The summed E-state index contributed by atoms with van der Waals surface area (Å²) in [4.78, 5) is 18.1. The zero-order valence-electron chi connectivity index (χ0n) is 13.0. The van der Waals surface area contributed by atoms with Crippen molar-refractivity contribution in [1.82, 2.24) is 15.1 Å². The summed E-state index contributed by atoms with van der Waals surface area (Å²) >= 11 is 1.69. The Morgan fingerprint density at radius 1 is 1.41 bits per heavy atom. The minimum absolute atomic E-state index is 0.0400. The second-order valence-corrected chi connectivity index (χ2v) is 7.27. The molecule has 1 aromatic heterocycles. The standard InChI is InChI=1S/C17H25N3OS/c1-2-9-20(13-16-4-3-12-22-16)17(21)18-14-7-10-19(11-8-14)15-5-6-15/h2-4,12,14-15H,1,5-11,13H2,(H,18,21). The summed E-state index contributed by atoms with van der Waals surface area (Å²) in [6.45, 7) is 7.28. The first-order valence-electron chi connectivity index (χ1n) is 8.19. The molecule has 2 aliphatic rings. The molecular formula is C17H25N3OS. The van der Waals surface area contributed by atoms with E-state index in [0.717, 1.165) is 32.0 Å². The van der Waals surface area contributed by atoms with Crippen LogP contribution in [0.15, 0.2) is 30.2 Å². The summed E-state index contributed by atoms with van der Waals surface area (Å²) < 4.78 is 0. The number of piperidine rings is 1. The molecule has 0 unspecified atom stereocenters. The summed E-state index contributed by atoms with van der Waals surface area (Å²) in [6, 6.07) is 5.30. The van der Waals surface area contributed by atoms with E-state index >= 15 is 0 Å². The van der Waals surface area contributed by atoms with Crippen LogP contribution in [0.25, 0.3) is 0 Å². The molecule has 2 heterocycles. The Kier molecular flexibility index (Phi) is 5.16. The molecule has 0 atom stereocenters. The molecule has 3 rings (SSSR count). The maximum Gasteiger partial charge on any atom is 0.318 e. The fourth-order valence-corrected chi connectivity index (χ4v) is 3.80. The molecule has 2 fully saturated rings. The first kappa shape index (κ1) is 15.6. The number of likely N-dealkylation sites (tertiary alicyclic amines) is 1. The van der Waals surface area contributed by atoms with Crippen molar-refractivity contribution < 1.29 is 4.79 Å². The van der Waals surface area contributed by atoms with E-state index in [0.29, 0.717) is 19.1 Å². The average Bonchev–Trinajstić information content (AvgIpc) is 3.25. The molecule has 1 aromatic rings. The molecule has 1 aliphatic carbocycles. The highest BCUT2D eigenvalue weighted by Crippen LogP contribution is 2.29. The summed E-state index contributed by atoms with van der Waals surface area (Å²) in [6.07, 6.45) is 6.67. The number of hydrogen-bond acceptors (Lipinski definition) is 3. The highest BCUT2D eigenvalue weighted by Gasteiger charge is 2.32. The average molecular weight is 319 g/mol. The van der Waals surface area contributed by atoms with Gasteiger partial charge >= 0.3 is 6.03 Å². The van der Waals surface area contributed by atoms with Gasteiger partial charge in [0.05, 0.1) is 6.54 Å². The Morgan fingerprint density at radius 3 is 2.77 bits per heavy atom. The Hall–Kier alpha value is -1.33. The lowest BCUT2D eigenvalue weighted by molar-refractivity contribution is 0.170. The van der Waals surface area contributed by atoms with E-state index in [1.54, 1.807) is 17.4 Å². The molecule has 2 amide bonds. The third kappa shape index (κ3) is 4.11. The summed E-state index contributed by atoms with van der Waals surface area (Å²) in [5.74, 6) is 0. The van der Waals surface area contributed by atoms with E-state index in [9.17, 15) is 4.79 Å². The van der Waals surface area contributed by atoms with Crippen LogP contribution >= 0.6 is 11.3 Å². The highest BCUT2D eigenvalue weighted by molar-refractivity contribution is 7.09. The Balaban J connectivity index is 1.49. The van der Waals surface area contributed by atoms with Crippen molar-refractivity contribution in [3.8, 4) is 0 Å². The number of nitrogens with one attached hydrogen (secondary N) is 1. The summed E-state index contributed by atoms with van der Waals surface area (Å²) in [7, 11) is 0. The number of hydrogen-bond donors (Lipinski definition) is 1. The largest absolute Gasteiger partial charge is 0.335 e. The SMILES string of the molecule is C=CCN(Cc1cccs1)C(=O)NC1CCN(C2CC2)CC1. The van der Waals surface area contributed by atoms with Crippen LogP contribution in [0.4, 0.5) is 4.79 Å². The molecule has 1 aliphatic heterocycles. The number of nitrogens with zero attached hydrogens (tertiary/aromatic N) is 2. The molecule has 5 heteroatoms. The van der Waals surface area contributed by atoms with Crippen LogP contribution in [-0.4, -0.2) is 47.5 Å². The van der Waals surface area contributed by atoms with Gasteiger partial charge in [0.15, 0.2) is 0 Å². The summed E-state index contributed by atoms with van der Waals surface area (Å²) in [5.41, 5.74) is 0. The van der Waals surface area contributed by atoms with Crippen LogP contribution in [-0.2, 0) is 6.54 Å². The van der Waals surface area contributed by atoms with E-state index in [1.807, 2.05) is 16.3 Å². The van der Waals surface area contributed by atoms with Crippen LogP contribution in [0.5, 0.6) is 0 Å². The Morgan fingerprint density at radius 2 is 2.18 bits per heavy atom. The fourth-order valence-electron chi connectivity index (χ4n) is 3.08. The minimum atomic E-state index is 0.0400. The third-order valence-electron chi connectivity index (χ3n) is 4.48. The third-order valence-corrected chi connectivity index (χ3v) is 5.35. The van der Waals surface area contributed by atoms with Crippen molar-refractivity contribution in [2.75, 3.05) is 19.6 Å². The van der Waals surface area contributed by atoms with Gasteiger partial charge in [0.2, 0.25) is 0 Å². The number of rotatable bonds is 6. The number of carbonyl (C=O) groups excluding carboxylic acids is 1. The Bertz CT molecular complexity index is 490. The lowest BCUT2D eigenvalue weighted by Crippen LogP contribution is -2.49. The van der Waals surface area contributed by atoms with Gasteiger partial charge in [-0.15, -0.1) is 17.9 Å². The number of carbonyl (C=O) groups is 1. The van der Waals surface area contributed by atoms with Crippen molar-refractivity contribution in [1.29, 1.82) is 0 Å². The molecule has 22 heavy (non-hydrogen) atoms. The summed E-state index contributed by atoms with van der Waals surface area (Å²) in [5, 5.41) is 5.26. The van der Waals surface area contributed by atoms with Gasteiger partial charge in [0.1, 0.15) is 0 Å². The quantitative estimate of drug-likeness (QED) is 0.818. The molecule has 1 N–H and O–H groups in total. The van der Waals surface area contributed by atoms with Gasteiger partial charge in [0, 0.05) is 36.6 Å². The van der Waals surface area contributed by atoms with Crippen LogP contribution in [0.2, 0.25) is 0 Å². The lowest BCUT2D eigenvalue weighted by Gasteiger charge is -2.33. The van der Waals surface area contributed by atoms with Gasteiger partial charge in [-0.3, -0.25) is 0 Å². The molecule has 4 nitrogen and oxygen atoms in total. The first-order chi connectivity index (χ1) is 10.8. The van der Waals surface area contributed by atoms with Gasteiger partial charge in [-0.1, -0.05) is 12.1 Å². The van der Waals surface area contributed by atoms with Gasteiger partial charge in [-0.25, -0.2) is 4.79 Å². The predicted octanol–water partition coefficient (Wildman–Crippen LogP) is 3.07. The van der Waals surface area contributed by atoms with Gasteiger partial charge in [-0.05, 0) is 37.1 Å². The van der Waals surface area contributed by atoms with Crippen molar-refractivity contribution in [2.45, 2.75) is 44.3 Å². The monoisotopic (exact) mass is 319 g/mol. The topological polar surface area (TPSA) is 35.6 Å². The number of urea groups is 1.